The lowest BCUT2D eigenvalue weighted by atomic mass is 10.1. The number of nitrogens with zero attached hydrogens (tertiary/aromatic N) is 1. The quantitative estimate of drug-likeness (QED) is 0.317. The monoisotopic (exact) mass is 414 g/mol. The molecule has 0 aliphatic heterocycles. The molecule has 3 nitrogen and oxygen atoms in total. The smallest absolute Gasteiger partial charge is 0.132 e. The van der Waals surface area contributed by atoms with Gasteiger partial charge >= 0.3 is 0 Å². The van der Waals surface area contributed by atoms with Crippen LogP contribution >= 0.6 is 0 Å². The molecule has 31 heavy (non-hydrogen) atoms. The Balaban J connectivity index is 1.70. The minimum absolute atomic E-state index is 0.292. The summed E-state index contributed by atoms with van der Waals surface area (Å²) in [5.41, 5.74) is 4.09. The maximum Gasteiger partial charge on any atom is 0.132 e. The van der Waals surface area contributed by atoms with Gasteiger partial charge in [-0.25, -0.2) is 9.37 Å². The summed E-state index contributed by atoms with van der Waals surface area (Å²) < 4.78 is 20.7. The van der Waals surface area contributed by atoms with Crippen molar-refractivity contribution in [2.45, 2.75) is 32.9 Å². The number of halogens is 1. The minimum atomic E-state index is -0.292. The van der Waals surface area contributed by atoms with Crippen LogP contribution in [-0.4, -0.2) is 11.5 Å². The zero-order chi connectivity index (χ0) is 21.5. The summed E-state index contributed by atoms with van der Waals surface area (Å²) in [6.45, 7) is 4.42. The van der Waals surface area contributed by atoms with E-state index in [0.717, 1.165) is 36.0 Å². The molecule has 0 radical (unpaired) electrons. The van der Waals surface area contributed by atoms with Crippen molar-refractivity contribution in [3.05, 3.63) is 95.8 Å². The van der Waals surface area contributed by atoms with E-state index in [-0.39, 0.29) is 5.82 Å². The van der Waals surface area contributed by atoms with Gasteiger partial charge in [-0.2, -0.15) is 0 Å². The van der Waals surface area contributed by atoms with Gasteiger partial charge in [-0.1, -0.05) is 61.9 Å². The summed E-state index contributed by atoms with van der Waals surface area (Å²) in [5, 5.41) is 4.41. The fourth-order valence-electron chi connectivity index (χ4n) is 3.55. The van der Waals surface area contributed by atoms with Gasteiger partial charge in [0.25, 0.3) is 0 Å². The van der Waals surface area contributed by atoms with Crippen LogP contribution in [0.4, 0.5) is 4.39 Å². The second kappa shape index (κ2) is 10.2. The molecular weight excluding hydrogens is 387 g/mol. The highest BCUT2D eigenvalue weighted by molar-refractivity contribution is 5.88. The Bertz CT molecular complexity index is 1140. The molecule has 0 aliphatic rings. The number of aromatic nitrogens is 1. The molecule has 158 valence electrons. The molecule has 3 aromatic carbocycles. The van der Waals surface area contributed by atoms with Crippen LogP contribution in [0.3, 0.4) is 0 Å². The lowest BCUT2D eigenvalue weighted by molar-refractivity contribution is 0.310. The van der Waals surface area contributed by atoms with Gasteiger partial charge in [-0.05, 0) is 48.4 Å². The van der Waals surface area contributed by atoms with Gasteiger partial charge in [-0.3, -0.25) is 0 Å². The molecule has 1 N–H and O–H groups in total. The van der Waals surface area contributed by atoms with Crippen LogP contribution in [0.25, 0.3) is 22.2 Å². The highest BCUT2D eigenvalue weighted by Crippen LogP contribution is 2.32. The molecule has 0 saturated heterocycles. The van der Waals surface area contributed by atoms with Crippen molar-refractivity contribution in [3.8, 4) is 17.0 Å². The molecule has 0 fully saturated rings. The van der Waals surface area contributed by atoms with E-state index in [1.165, 1.54) is 18.1 Å². The molecule has 1 heterocycles. The Labute approximate surface area is 182 Å². The number of hydrogen-bond donors (Lipinski definition) is 1. The highest BCUT2D eigenvalue weighted by atomic mass is 19.1. The number of pyridine rings is 1. The number of nitrogens with one attached hydrogen (secondary N) is 1. The number of rotatable bonds is 9. The van der Waals surface area contributed by atoms with E-state index in [2.05, 4.69) is 24.4 Å². The molecule has 0 spiro atoms. The van der Waals surface area contributed by atoms with Crippen LogP contribution in [0.2, 0.25) is 0 Å². The Morgan fingerprint density at radius 3 is 2.52 bits per heavy atom. The molecule has 4 aromatic rings. The van der Waals surface area contributed by atoms with Gasteiger partial charge in [-0.15, -0.1) is 0 Å². The van der Waals surface area contributed by atoms with E-state index in [4.69, 9.17) is 9.72 Å². The van der Waals surface area contributed by atoms with Crippen molar-refractivity contribution in [1.29, 1.82) is 0 Å². The predicted molar refractivity (Wildman–Crippen MR) is 125 cm³/mol. The average molecular weight is 415 g/mol. The Morgan fingerprint density at radius 1 is 0.903 bits per heavy atom. The molecule has 1 aromatic heterocycles. The van der Waals surface area contributed by atoms with Crippen LogP contribution in [0.5, 0.6) is 5.75 Å². The van der Waals surface area contributed by atoms with Crippen LogP contribution in [-0.2, 0) is 13.2 Å². The first-order chi connectivity index (χ1) is 15.2. The fraction of sp³-hybridized carbons (Fsp3) is 0.222. The number of ether oxygens (including phenoxy) is 1. The predicted octanol–water partition coefficient (Wildman–Crippen LogP) is 6.51. The zero-order valence-electron chi connectivity index (χ0n) is 17.8. The SMILES string of the molecule is CCCCNCc1ccc2nc(-c3ccccc3F)cc(OCc3ccccc3)c2c1. The normalized spacial score (nSPS) is 11.0. The summed E-state index contributed by atoms with van der Waals surface area (Å²) in [4.78, 5) is 4.73. The van der Waals surface area contributed by atoms with E-state index >= 15 is 0 Å². The minimum Gasteiger partial charge on any atom is -0.488 e. The first-order valence-electron chi connectivity index (χ1n) is 10.8. The van der Waals surface area contributed by atoms with Crippen molar-refractivity contribution in [2.75, 3.05) is 6.54 Å². The molecule has 0 atom stereocenters. The van der Waals surface area contributed by atoms with Gasteiger partial charge in [0.1, 0.15) is 18.2 Å². The fourth-order valence-corrected chi connectivity index (χ4v) is 3.55. The topological polar surface area (TPSA) is 34.2 Å². The lowest BCUT2D eigenvalue weighted by Crippen LogP contribution is -2.14. The molecule has 0 bridgehead atoms. The number of hydrogen-bond acceptors (Lipinski definition) is 3. The van der Waals surface area contributed by atoms with Gasteiger partial charge in [0.05, 0.1) is 11.2 Å². The third-order valence-corrected chi connectivity index (χ3v) is 5.26. The van der Waals surface area contributed by atoms with E-state index in [1.807, 2.05) is 48.5 Å². The number of benzene rings is 3. The standard InChI is InChI=1S/C27H27FN2O/c1-2-3-15-29-18-21-13-14-25-23(16-21)27(31-19-20-9-5-4-6-10-20)17-26(30-25)22-11-7-8-12-24(22)28/h4-14,16-17,29H,2-3,15,18-19H2,1H3. The molecule has 0 amide bonds. The summed E-state index contributed by atoms with van der Waals surface area (Å²) in [6.07, 6.45) is 2.33. The molecular formula is C27H27FN2O. The summed E-state index contributed by atoms with van der Waals surface area (Å²) in [7, 11) is 0. The maximum atomic E-state index is 14.4. The van der Waals surface area contributed by atoms with Crippen LogP contribution in [0.15, 0.2) is 78.9 Å². The first kappa shape index (κ1) is 21.0. The Morgan fingerprint density at radius 2 is 1.71 bits per heavy atom. The third-order valence-electron chi connectivity index (χ3n) is 5.26. The Hall–Kier alpha value is -3.24. The third kappa shape index (κ3) is 5.28. The second-order valence-electron chi connectivity index (χ2n) is 7.64. The lowest BCUT2D eigenvalue weighted by Gasteiger charge is -2.14. The van der Waals surface area contributed by atoms with Crippen molar-refractivity contribution < 1.29 is 9.13 Å². The zero-order valence-corrected chi connectivity index (χ0v) is 17.8. The summed E-state index contributed by atoms with van der Waals surface area (Å²) in [5.74, 6) is 0.419. The van der Waals surface area contributed by atoms with E-state index in [1.54, 1.807) is 12.1 Å². The van der Waals surface area contributed by atoms with Gasteiger partial charge in [0.15, 0.2) is 0 Å². The molecule has 0 aliphatic carbocycles. The highest BCUT2D eigenvalue weighted by Gasteiger charge is 2.13. The van der Waals surface area contributed by atoms with Crippen molar-refractivity contribution in [2.24, 2.45) is 0 Å². The average Bonchev–Trinajstić information content (AvgIpc) is 2.81. The van der Waals surface area contributed by atoms with E-state index in [0.29, 0.717) is 23.6 Å². The number of unbranched alkanes of at least 4 members (excludes halogenated alkanes) is 1. The largest absolute Gasteiger partial charge is 0.488 e. The summed E-state index contributed by atoms with van der Waals surface area (Å²) in [6, 6.07) is 24.8. The maximum absolute atomic E-state index is 14.4. The Kier molecular flexibility index (Phi) is 6.90. The molecule has 4 heteroatoms. The molecule has 4 rings (SSSR count). The van der Waals surface area contributed by atoms with Gasteiger partial charge in [0.2, 0.25) is 0 Å². The van der Waals surface area contributed by atoms with Crippen molar-refractivity contribution >= 4 is 10.9 Å². The van der Waals surface area contributed by atoms with E-state index in [9.17, 15) is 4.39 Å². The van der Waals surface area contributed by atoms with Gasteiger partial charge in [0, 0.05) is 23.6 Å². The van der Waals surface area contributed by atoms with Crippen molar-refractivity contribution in [1.82, 2.24) is 10.3 Å². The van der Waals surface area contributed by atoms with E-state index < -0.39 is 0 Å². The van der Waals surface area contributed by atoms with Crippen molar-refractivity contribution in [3.63, 3.8) is 0 Å². The molecule has 0 unspecified atom stereocenters. The number of fused-ring (bicyclic) bond motifs is 1. The molecule has 0 saturated carbocycles. The van der Waals surface area contributed by atoms with Crippen LogP contribution in [0, 0.1) is 5.82 Å². The summed E-state index contributed by atoms with van der Waals surface area (Å²) >= 11 is 0. The second-order valence-corrected chi connectivity index (χ2v) is 7.64. The van der Waals surface area contributed by atoms with Gasteiger partial charge < -0.3 is 10.1 Å². The van der Waals surface area contributed by atoms with Crippen LogP contribution in [0.1, 0.15) is 30.9 Å². The first-order valence-corrected chi connectivity index (χ1v) is 10.8. The van der Waals surface area contributed by atoms with Crippen LogP contribution < -0.4 is 10.1 Å².